The number of carbonyl (C=O) groups is 5. The first kappa shape index (κ1) is 65.5. The van der Waals surface area contributed by atoms with Crippen LogP contribution in [0.4, 0.5) is 42.5 Å². The summed E-state index contributed by atoms with van der Waals surface area (Å²) in [5, 5.41) is 10.5. The molecule has 5 aliphatic carbocycles. The number of methoxy groups -OCH3 is 3. The Labute approximate surface area is 493 Å². The van der Waals surface area contributed by atoms with Gasteiger partial charge in [-0.15, -0.1) is 0 Å². The zero-order valence-corrected chi connectivity index (χ0v) is 48.3. The second-order valence-electron chi connectivity index (χ2n) is 20.5. The number of pyridine rings is 6. The smallest absolute Gasteiger partial charge is 0.412 e. The molecule has 448 valence electrons. The number of hydrogen-bond donors (Lipinski definition) is 3. The first-order valence-corrected chi connectivity index (χ1v) is 27.1. The summed E-state index contributed by atoms with van der Waals surface area (Å²) in [4.78, 5) is 78.1. The van der Waals surface area contributed by atoms with Gasteiger partial charge in [-0.3, -0.25) is 25.3 Å². The Balaban J connectivity index is 0.000000163. The van der Waals surface area contributed by atoms with E-state index in [0.717, 1.165) is 89.5 Å². The number of aromatic nitrogens is 6. The zero-order chi connectivity index (χ0) is 61.7. The second kappa shape index (κ2) is 29.2. The minimum absolute atomic E-state index is 0.00477. The predicted molar refractivity (Wildman–Crippen MR) is 295 cm³/mol. The lowest BCUT2D eigenvalue weighted by Crippen LogP contribution is -2.27. The van der Waals surface area contributed by atoms with Crippen molar-refractivity contribution < 1.29 is 74.4 Å². The summed E-state index contributed by atoms with van der Waals surface area (Å²) in [5.74, 6) is -4.73. The number of amides is 1. The fraction of sp³-hybridized carbons (Fsp3) is 0.386. The van der Waals surface area contributed by atoms with Gasteiger partial charge in [0.05, 0.1) is 95.8 Å². The predicted octanol–water partition coefficient (Wildman–Crippen LogP) is 13.7. The van der Waals surface area contributed by atoms with Crippen LogP contribution in [-0.4, -0.2) is 91.9 Å². The fourth-order valence-electron chi connectivity index (χ4n) is 7.35. The van der Waals surface area contributed by atoms with Crippen LogP contribution in [0.2, 0.25) is 15.5 Å². The van der Waals surface area contributed by atoms with Crippen LogP contribution in [0.3, 0.4) is 0 Å². The molecule has 27 heteroatoms. The van der Waals surface area contributed by atoms with E-state index in [9.17, 15) is 50.3 Å². The Morgan fingerprint density at radius 3 is 1.27 bits per heavy atom. The summed E-state index contributed by atoms with van der Waals surface area (Å²) in [5.41, 5.74) is 7.67. The second-order valence-corrected chi connectivity index (χ2v) is 21.6. The highest BCUT2D eigenvalue weighted by atomic mass is 35.5. The number of nitrogens with one attached hydrogen (secondary N) is 1. The molecule has 0 atom stereocenters. The summed E-state index contributed by atoms with van der Waals surface area (Å²) < 4.78 is 97.8. The van der Waals surface area contributed by atoms with Crippen molar-refractivity contribution in [3.8, 4) is 0 Å². The zero-order valence-electron chi connectivity index (χ0n) is 46.0. The van der Waals surface area contributed by atoms with E-state index >= 15 is 0 Å². The molecule has 6 heterocycles. The molecule has 6 aromatic heterocycles. The van der Waals surface area contributed by atoms with Crippen LogP contribution in [-0.2, 0) is 18.9 Å². The van der Waals surface area contributed by atoms with E-state index in [1.54, 1.807) is 20.8 Å². The van der Waals surface area contributed by atoms with E-state index in [4.69, 9.17) is 50.4 Å². The number of nitrogens with zero attached hydrogens (tertiary/aromatic N) is 6. The van der Waals surface area contributed by atoms with Gasteiger partial charge in [0.25, 0.3) is 0 Å². The first-order valence-electron chi connectivity index (χ1n) is 25.9. The molecule has 0 radical (unpaired) electrons. The summed E-state index contributed by atoms with van der Waals surface area (Å²) >= 11 is 16.6. The van der Waals surface area contributed by atoms with Gasteiger partial charge in [0.2, 0.25) is 0 Å². The Morgan fingerprint density at radius 1 is 0.500 bits per heavy atom. The number of ether oxygens (including phenoxy) is 4. The molecule has 11 rings (SSSR count). The number of carboxylic acids is 1. The number of esters is 3. The topological polar surface area (TPSA) is 258 Å². The highest BCUT2D eigenvalue weighted by molar-refractivity contribution is 6.34. The van der Waals surface area contributed by atoms with E-state index in [-0.39, 0.29) is 73.0 Å². The van der Waals surface area contributed by atoms with Crippen molar-refractivity contribution in [2.75, 3.05) is 32.4 Å². The number of nitrogens with two attached hydrogens (primary N) is 1. The average molecular weight is 1230 g/mol. The van der Waals surface area contributed by atoms with Crippen molar-refractivity contribution in [1.29, 1.82) is 0 Å². The minimum atomic E-state index is -1.14. The molecule has 5 saturated carbocycles. The van der Waals surface area contributed by atoms with Crippen LogP contribution in [0.1, 0.15) is 184 Å². The molecular weight excluding hydrogens is 1180 g/mol. The molecule has 1 amide bonds. The maximum atomic E-state index is 13.7. The number of rotatable bonds is 10. The lowest BCUT2D eigenvalue weighted by atomic mass is 10.2. The summed E-state index contributed by atoms with van der Waals surface area (Å²) in [6.45, 7) is 5.30. The fourth-order valence-corrected chi connectivity index (χ4v) is 7.97. The Bertz CT molecular complexity index is 3400. The first-order chi connectivity index (χ1) is 39.7. The van der Waals surface area contributed by atoms with Crippen molar-refractivity contribution in [2.24, 2.45) is 0 Å². The summed E-state index contributed by atoms with van der Waals surface area (Å²) in [6.07, 6.45) is 14.8. The van der Waals surface area contributed by atoms with Crippen LogP contribution in [0, 0.1) is 34.9 Å². The Hall–Kier alpha value is -7.70. The largest absolute Gasteiger partial charge is 0.478 e. The monoisotopic (exact) mass is 1230 g/mol. The van der Waals surface area contributed by atoms with E-state index in [0.29, 0.717) is 45.8 Å². The van der Waals surface area contributed by atoms with Crippen LogP contribution in [0.5, 0.6) is 0 Å². The van der Waals surface area contributed by atoms with Gasteiger partial charge >= 0.3 is 30.0 Å². The average Bonchev–Trinajstić information content (AvgIpc) is 4.30. The van der Waals surface area contributed by atoms with Gasteiger partial charge in [0.1, 0.15) is 45.0 Å². The number of anilines is 2. The van der Waals surface area contributed by atoms with E-state index in [1.807, 2.05) is 0 Å². The van der Waals surface area contributed by atoms with Crippen LogP contribution < -0.4 is 11.1 Å². The molecule has 6 aromatic rings. The summed E-state index contributed by atoms with van der Waals surface area (Å²) in [7, 11) is 3.63. The Morgan fingerprint density at radius 2 is 0.869 bits per heavy atom. The van der Waals surface area contributed by atoms with Crippen LogP contribution in [0.25, 0.3) is 0 Å². The number of carbonyl (C=O) groups excluding carboxylic acids is 4. The van der Waals surface area contributed by atoms with E-state index < -0.39 is 58.8 Å². The van der Waals surface area contributed by atoms with Gasteiger partial charge in [0.15, 0.2) is 11.0 Å². The third-order valence-corrected chi connectivity index (χ3v) is 13.1. The lowest BCUT2D eigenvalue weighted by Gasteiger charge is -2.19. The highest BCUT2D eigenvalue weighted by Crippen LogP contribution is 2.43. The molecule has 84 heavy (non-hydrogen) atoms. The van der Waals surface area contributed by atoms with E-state index in [2.05, 4.69) is 49.4 Å². The van der Waals surface area contributed by atoms with Crippen molar-refractivity contribution in [2.45, 2.75) is 120 Å². The molecule has 0 unspecified atom stereocenters. The third-order valence-electron chi connectivity index (χ3n) is 12.3. The van der Waals surface area contributed by atoms with Gasteiger partial charge in [-0.25, -0.2) is 60.3 Å². The molecule has 18 nitrogen and oxygen atoms in total. The standard InChI is InChI=1S/C13H17FN2O2.C10H9ClFNO2.C10H10FNO2.C9H8FNO2.C8H9FN2.C7H4Cl2FNO2/c1-13(2,3)18-12(17)16-9-6-10(14)11(15-7-9)8-4-5-8;1-15-10(14)6-4-7(12)8(5-2-3-5)13-9(6)11;1-14-10(13)7-4-8(11)9(12-5-7)6-2-3-6;10-7-3-6(9(12)13)4-11-8(7)5-1-2-5;9-7-3-6(10)4-11-8(7)5-1-2-5;1-13-7(12)3-2-4(10)6(9)11-5(3)8/h6-8H,4-5H2,1-3H3,(H,16,17);4-5H,2-3H2,1H3;4-6H,2-3H2,1H3;3-5H,1-2H2,(H,12,13);3-5H,1-2,10H2;2H,1H3. The van der Waals surface area contributed by atoms with Crippen LogP contribution in [0.15, 0.2) is 61.2 Å². The van der Waals surface area contributed by atoms with Crippen molar-refractivity contribution in [1.82, 2.24) is 29.9 Å². The number of hydrogen-bond acceptors (Lipinski definition) is 16. The van der Waals surface area contributed by atoms with Gasteiger partial charge < -0.3 is 29.8 Å². The van der Waals surface area contributed by atoms with Gasteiger partial charge in [-0.2, -0.15) is 0 Å². The normalized spacial score (nSPS) is 14.7. The Kier molecular flexibility index (Phi) is 22.8. The molecule has 0 spiro atoms. The van der Waals surface area contributed by atoms with Gasteiger partial charge in [-0.05, 0) is 109 Å². The minimum Gasteiger partial charge on any atom is -0.478 e. The maximum Gasteiger partial charge on any atom is 0.412 e. The molecule has 4 N–H and O–H groups in total. The van der Waals surface area contributed by atoms with Crippen molar-refractivity contribution >= 4 is 76.1 Å². The molecule has 0 saturated heterocycles. The summed E-state index contributed by atoms with van der Waals surface area (Å²) in [6, 6.07) is 6.80. The van der Waals surface area contributed by atoms with Crippen LogP contribution >= 0.6 is 34.8 Å². The van der Waals surface area contributed by atoms with Crippen molar-refractivity contribution in [3.63, 3.8) is 0 Å². The molecular formula is C57H57Cl3F6N8O10. The molecule has 5 aliphatic rings. The SMILES string of the molecule is CC(C)(C)OC(=O)Nc1cnc(C2CC2)c(F)c1.COC(=O)c1cc(F)c(C2CC2)nc1Cl.COC(=O)c1cc(F)c(Cl)nc1Cl.COC(=O)c1cnc(C2CC2)c(F)c1.Nc1cnc(C2CC2)c(F)c1.O=C(O)c1cnc(C2CC2)c(F)c1. The quantitative estimate of drug-likeness (QED) is 0.0498. The number of carboxylic acid groups (broad SMARTS) is 1. The third kappa shape index (κ3) is 19.7. The van der Waals surface area contributed by atoms with E-state index in [1.165, 1.54) is 57.2 Å². The molecule has 0 bridgehead atoms. The molecule has 5 fully saturated rings. The van der Waals surface area contributed by atoms with Crippen molar-refractivity contribution in [3.05, 3.63) is 162 Å². The number of nitrogen functional groups attached to an aromatic ring is 1. The lowest BCUT2D eigenvalue weighted by molar-refractivity contribution is 0.0591. The molecule has 0 aliphatic heterocycles. The van der Waals surface area contributed by atoms with Gasteiger partial charge in [0, 0.05) is 54.1 Å². The van der Waals surface area contributed by atoms with Gasteiger partial charge in [-0.1, -0.05) is 34.8 Å². The maximum absolute atomic E-state index is 13.7. The number of halogens is 9. The molecule has 0 aromatic carbocycles. The highest BCUT2D eigenvalue weighted by Gasteiger charge is 2.32. The number of aromatic carboxylic acids is 1.